The van der Waals surface area contributed by atoms with Gasteiger partial charge in [0.15, 0.2) is 5.43 Å². The third-order valence-electron chi connectivity index (χ3n) is 3.81. The molecule has 22 heavy (non-hydrogen) atoms. The smallest absolute Gasteiger partial charge is 0.200 e. The minimum atomic E-state index is 0.0268. The fraction of sp³-hybridized carbons (Fsp3) is 0.167. The van der Waals surface area contributed by atoms with Gasteiger partial charge in [0.05, 0.1) is 10.9 Å². The predicted octanol–water partition coefficient (Wildman–Crippen LogP) is 4.33. The molecule has 0 spiro atoms. The first-order valence-corrected chi connectivity index (χ1v) is 9.36. The number of fused-ring (bicyclic) bond motifs is 1. The van der Waals surface area contributed by atoms with Crippen molar-refractivity contribution in [3.63, 3.8) is 0 Å². The Morgan fingerprint density at radius 1 is 1.14 bits per heavy atom. The molecule has 4 heteroatoms. The summed E-state index contributed by atoms with van der Waals surface area (Å²) in [6.07, 6.45) is 1.58. The van der Waals surface area contributed by atoms with Gasteiger partial charge in [-0.25, -0.2) is 0 Å². The molecule has 1 aromatic heterocycles. The van der Waals surface area contributed by atoms with Crippen molar-refractivity contribution in [3.8, 4) is 11.1 Å². The lowest BCUT2D eigenvalue weighted by molar-refractivity contribution is 0.605. The van der Waals surface area contributed by atoms with E-state index < -0.39 is 0 Å². The average molecular weight is 328 g/mol. The van der Waals surface area contributed by atoms with Gasteiger partial charge in [-0.3, -0.25) is 4.79 Å². The molecule has 0 saturated carbocycles. The molecule has 0 N–H and O–H groups in total. The van der Waals surface area contributed by atoms with Gasteiger partial charge < -0.3 is 4.42 Å². The van der Waals surface area contributed by atoms with Crippen molar-refractivity contribution in [2.45, 2.75) is 12.6 Å². The first kappa shape index (κ1) is 15.4. The van der Waals surface area contributed by atoms with E-state index in [-0.39, 0.29) is 5.43 Å². The van der Waals surface area contributed by atoms with Crippen LogP contribution in [0.1, 0.15) is 18.1 Å². The predicted molar refractivity (Wildman–Crippen MR) is 99.9 cm³/mol. The zero-order valence-electron chi connectivity index (χ0n) is 12.6. The van der Waals surface area contributed by atoms with Crippen molar-refractivity contribution < 1.29 is 4.42 Å². The lowest BCUT2D eigenvalue weighted by Crippen LogP contribution is -2.06. The second kappa shape index (κ2) is 6.32. The Balaban J connectivity index is 2.11. The third kappa shape index (κ3) is 2.86. The highest BCUT2D eigenvalue weighted by atomic mass is 31.1. The van der Waals surface area contributed by atoms with E-state index in [1.807, 2.05) is 30.3 Å². The standard InChI is InChI=1S/C18H18O2P2/c1-11(21)12-3-5-13(6-4-12)16-10-20-17-9-14(22-2)7-8-15(17)18(16)19/h3-11,22H,21H2,1-2H3. The van der Waals surface area contributed by atoms with Crippen LogP contribution in [0.2, 0.25) is 0 Å². The maximum absolute atomic E-state index is 12.7. The number of benzene rings is 2. The molecule has 2 aromatic carbocycles. The number of rotatable bonds is 3. The van der Waals surface area contributed by atoms with Crippen LogP contribution in [0, 0.1) is 0 Å². The fourth-order valence-electron chi connectivity index (χ4n) is 2.45. The summed E-state index contributed by atoms with van der Waals surface area (Å²) in [4.78, 5) is 12.7. The van der Waals surface area contributed by atoms with Crippen molar-refractivity contribution in [1.82, 2.24) is 0 Å². The summed E-state index contributed by atoms with van der Waals surface area (Å²) < 4.78 is 5.70. The van der Waals surface area contributed by atoms with Gasteiger partial charge in [0.25, 0.3) is 0 Å². The molecule has 0 saturated heterocycles. The Labute approximate surface area is 133 Å². The molecule has 3 aromatic rings. The van der Waals surface area contributed by atoms with Gasteiger partial charge in [-0.1, -0.05) is 45.8 Å². The summed E-state index contributed by atoms with van der Waals surface area (Å²) in [5, 5.41) is 1.84. The first-order valence-electron chi connectivity index (χ1n) is 7.19. The fourth-order valence-corrected chi connectivity index (χ4v) is 3.20. The van der Waals surface area contributed by atoms with E-state index in [1.54, 1.807) is 6.26 Å². The average Bonchev–Trinajstić information content (AvgIpc) is 2.55. The van der Waals surface area contributed by atoms with Gasteiger partial charge >= 0.3 is 0 Å². The molecule has 1 heterocycles. The molecular formula is C18H18O2P2. The van der Waals surface area contributed by atoms with Gasteiger partial charge in [-0.2, -0.15) is 0 Å². The van der Waals surface area contributed by atoms with Crippen LogP contribution in [0.25, 0.3) is 22.1 Å². The van der Waals surface area contributed by atoms with Crippen LogP contribution in [0.15, 0.2) is 57.9 Å². The van der Waals surface area contributed by atoms with Gasteiger partial charge in [-0.15, -0.1) is 9.24 Å². The summed E-state index contributed by atoms with van der Waals surface area (Å²) >= 11 is 0. The third-order valence-corrected chi connectivity index (χ3v) is 5.08. The molecule has 0 fully saturated rings. The van der Waals surface area contributed by atoms with E-state index in [4.69, 9.17) is 4.42 Å². The Kier molecular flexibility index (Phi) is 4.43. The quantitative estimate of drug-likeness (QED) is 0.670. The van der Waals surface area contributed by atoms with Crippen LogP contribution in [0.5, 0.6) is 0 Å². The summed E-state index contributed by atoms with van der Waals surface area (Å²) in [6.45, 7) is 4.23. The summed E-state index contributed by atoms with van der Waals surface area (Å²) in [5.74, 6) is 0. The normalized spacial score (nSPS) is 13.0. The molecule has 0 bridgehead atoms. The highest BCUT2D eigenvalue weighted by molar-refractivity contribution is 7.46. The second-order valence-corrected chi connectivity index (χ2v) is 7.43. The zero-order valence-corrected chi connectivity index (χ0v) is 14.7. The van der Waals surface area contributed by atoms with Crippen molar-refractivity contribution in [3.05, 3.63) is 64.5 Å². The van der Waals surface area contributed by atoms with Crippen molar-refractivity contribution in [2.24, 2.45) is 0 Å². The lowest BCUT2D eigenvalue weighted by Gasteiger charge is -2.07. The van der Waals surface area contributed by atoms with Crippen LogP contribution in [0.4, 0.5) is 0 Å². The monoisotopic (exact) mass is 328 g/mol. The highest BCUT2D eigenvalue weighted by Crippen LogP contribution is 2.25. The molecule has 0 aliphatic heterocycles. The van der Waals surface area contributed by atoms with Crippen molar-refractivity contribution in [1.29, 1.82) is 0 Å². The molecular weight excluding hydrogens is 310 g/mol. The number of hydrogen-bond donors (Lipinski definition) is 0. The SMILES string of the molecule is CPc1ccc2c(=O)c(-c3ccc(C(C)P)cc3)coc2c1. The Morgan fingerprint density at radius 3 is 2.50 bits per heavy atom. The van der Waals surface area contributed by atoms with E-state index in [9.17, 15) is 4.79 Å². The highest BCUT2D eigenvalue weighted by Gasteiger charge is 2.10. The van der Waals surface area contributed by atoms with E-state index in [0.29, 0.717) is 30.8 Å². The zero-order chi connectivity index (χ0) is 15.7. The molecule has 3 rings (SSSR count). The molecule has 0 radical (unpaired) electrons. The van der Waals surface area contributed by atoms with Gasteiger partial charge in [0.1, 0.15) is 11.8 Å². The van der Waals surface area contributed by atoms with Crippen LogP contribution in [0.3, 0.4) is 0 Å². The maximum atomic E-state index is 12.7. The summed E-state index contributed by atoms with van der Waals surface area (Å²) in [5.41, 5.74) is 3.83. The molecule has 3 unspecified atom stereocenters. The Hall–Kier alpha value is -1.49. The van der Waals surface area contributed by atoms with Crippen LogP contribution in [-0.4, -0.2) is 6.66 Å². The molecule has 0 aliphatic rings. The van der Waals surface area contributed by atoms with Crippen LogP contribution >= 0.6 is 17.8 Å². The first-order chi connectivity index (χ1) is 10.6. The van der Waals surface area contributed by atoms with Gasteiger partial charge in [-0.05, 0) is 40.9 Å². The minimum absolute atomic E-state index is 0.0268. The van der Waals surface area contributed by atoms with E-state index in [0.717, 1.165) is 5.56 Å². The summed E-state index contributed by atoms with van der Waals surface area (Å²) in [7, 11) is 3.47. The molecule has 0 aliphatic carbocycles. The van der Waals surface area contributed by atoms with Gasteiger partial charge in [0, 0.05) is 0 Å². The van der Waals surface area contributed by atoms with Crippen molar-refractivity contribution in [2.75, 3.05) is 6.66 Å². The Bertz CT molecular complexity index is 864. The second-order valence-electron chi connectivity index (χ2n) is 5.35. The summed E-state index contributed by atoms with van der Waals surface area (Å²) in [6, 6.07) is 13.9. The lowest BCUT2D eigenvalue weighted by atomic mass is 10.0. The maximum Gasteiger partial charge on any atom is 0.200 e. The number of hydrogen-bond acceptors (Lipinski definition) is 2. The Morgan fingerprint density at radius 2 is 1.86 bits per heavy atom. The molecule has 3 atom stereocenters. The van der Waals surface area contributed by atoms with E-state index in [2.05, 4.69) is 35.0 Å². The van der Waals surface area contributed by atoms with Crippen molar-refractivity contribution >= 4 is 34.1 Å². The molecule has 112 valence electrons. The largest absolute Gasteiger partial charge is 0.463 e. The minimum Gasteiger partial charge on any atom is -0.463 e. The van der Waals surface area contributed by atoms with Crippen LogP contribution < -0.4 is 10.7 Å². The molecule has 2 nitrogen and oxygen atoms in total. The van der Waals surface area contributed by atoms with Gasteiger partial charge in [0.2, 0.25) is 0 Å². The van der Waals surface area contributed by atoms with E-state index >= 15 is 0 Å². The van der Waals surface area contributed by atoms with Crippen LogP contribution in [-0.2, 0) is 0 Å². The topological polar surface area (TPSA) is 30.2 Å². The molecule has 0 amide bonds. The van der Waals surface area contributed by atoms with E-state index in [1.165, 1.54) is 10.9 Å².